The topological polar surface area (TPSA) is 85.8 Å². The molecule has 0 saturated heterocycles. The van der Waals surface area contributed by atoms with Gasteiger partial charge in [0.2, 0.25) is 17.6 Å². The average molecular weight is 358 g/mol. The fraction of sp³-hybridized carbons (Fsp3) is 0.278. The molecule has 1 N–H and O–H groups in total. The van der Waals surface area contributed by atoms with Crippen LogP contribution in [0.15, 0.2) is 30.6 Å². The van der Waals surface area contributed by atoms with E-state index in [0.717, 1.165) is 5.56 Å². The molecule has 8 nitrogen and oxygen atoms in total. The maximum atomic E-state index is 12.1. The number of nitrogens with one attached hydrogen (secondary N) is 1. The lowest BCUT2D eigenvalue weighted by atomic mass is 10.1. The summed E-state index contributed by atoms with van der Waals surface area (Å²) in [7, 11) is 8.29. The van der Waals surface area contributed by atoms with E-state index >= 15 is 0 Å². The second-order valence-electron chi connectivity index (χ2n) is 5.45. The van der Waals surface area contributed by atoms with Gasteiger partial charge in [-0.2, -0.15) is 0 Å². The number of carbonyl (C=O) groups is 1. The summed E-state index contributed by atoms with van der Waals surface area (Å²) in [5, 5.41) is 2.70. The van der Waals surface area contributed by atoms with Crippen molar-refractivity contribution >= 4 is 23.6 Å². The fourth-order valence-corrected chi connectivity index (χ4v) is 2.17. The second kappa shape index (κ2) is 8.70. The molecule has 0 aliphatic heterocycles. The van der Waals surface area contributed by atoms with Crippen LogP contribution >= 0.6 is 0 Å². The summed E-state index contributed by atoms with van der Waals surface area (Å²) in [6.07, 6.45) is 6.15. The van der Waals surface area contributed by atoms with Crippen LogP contribution in [0.1, 0.15) is 5.56 Å². The first kappa shape index (κ1) is 19.0. The summed E-state index contributed by atoms with van der Waals surface area (Å²) in [6, 6.07) is 3.50. The molecule has 0 unspecified atom stereocenters. The molecule has 1 aromatic heterocycles. The largest absolute Gasteiger partial charge is 0.493 e. The van der Waals surface area contributed by atoms with Crippen molar-refractivity contribution in [1.82, 2.24) is 9.97 Å². The lowest BCUT2D eigenvalue weighted by Crippen LogP contribution is -2.13. The van der Waals surface area contributed by atoms with Gasteiger partial charge in [-0.3, -0.25) is 4.79 Å². The zero-order chi connectivity index (χ0) is 19.1. The third-order valence-electron chi connectivity index (χ3n) is 3.42. The second-order valence-corrected chi connectivity index (χ2v) is 5.45. The molecule has 0 spiro atoms. The van der Waals surface area contributed by atoms with Gasteiger partial charge >= 0.3 is 0 Å². The maximum Gasteiger partial charge on any atom is 0.248 e. The van der Waals surface area contributed by atoms with Crippen molar-refractivity contribution in [3.05, 3.63) is 36.2 Å². The highest BCUT2D eigenvalue weighted by atomic mass is 16.5. The summed E-state index contributed by atoms with van der Waals surface area (Å²) in [5.74, 6) is 1.78. The number of ether oxygens (including phenoxy) is 3. The number of hydrogen-bond donors (Lipinski definition) is 1. The highest BCUT2D eigenvalue weighted by Crippen LogP contribution is 2.38. The van der Waals surface area contributed by atoms with E-state index in [2.05, 4.69) is 15.3 Å². The lowest BCUT2D eigenvalue weighted by Gasteiger charge is -2.12. The van der Waals surface area contributed by atoms with Gasteiger partial charge in [-0.25, -0.2) is 9.97 Å². The maximum absolute atomic E-state index is 12.1. The standard InChI is InChI=1S/C18H22N4O4/c1-22(2)18-19-10-13(11-20-18)21-16(23)7-6-12-8-14(24-3)17(26-5)15(9-12)25-4/h6-11H,1-5H3,(H,21,23)/b7-6+. The molecule has 0 atom stereocenters. The zero-order valence-electron chi connectivity index (χ0n) is 15.4. The molecule has 0 radical (unpaired) electrons. The Morgan fingerprint density at radius 1 is 1.04 bits per heavy atom. The van der Waals surface area contributed by atoms with Crippen molar-refractivity contribution in [3.63, 3.8) is 0 Å². The number of anilines is 2. The molecule has 1 heterocycles. The number of amides is 1. The normalized spacial score (nSPS) is 10.5. The molecule has 0 saturated carbocycles. The number of methoxy groups -OCH3 is 3. The van der Waals surface area contributed by atoms with Gasteiger partial charge in [0.1, 0.15) is 0 Å². The van der Waals surface area contributed by atoms with E-state index in [9.17, 15) is 4.79 Å². The van der Waals surface area contributed by atoms with E-state index in [0.29, 0.717) is 28.9 Å². The monoisotopic (exact) mass is 358 g/mol. The van der Waals surface area contributed by atoms with Crippen molar-refractivity contribution in [2.24, 2.45) is 0 Å². The van der Waals surface area contributed by atoms with Crippen LogP contribution in [0.25, 0.3) is 6.08 Å². The van der Waals surface area contributed by atoms with Gasteiger partial charge in [0.15, 0.2) is 11.5 Å². The Morgan fingerprint density at radius 3 is 2.08 bits per heavy atom. The number of rotatable bonds is 7. The first-order valence-corrected chi connectivity index (χ1v) is 7.77. The first-order chi connectivity index (χ1) is 12.5. The van der Waals surface area contributed by atoms with Gasteiger partial charge in [0.05, 0.1) is 39.4 Å². The quantitative estimate of drug-likeness (QED) is 0.760. The molecule has 2 aromatic rings. The van der Waals surface area contributed by atoms with Gasteiger partial charge in [-0.15, -0.1) is 0 Å². The molecular formula is C18H22N4O4. The smallest absolute Gasteiger partial charge is 0.248 e. The number of nitrogens with zero attached hydrogens (tertiary/aromatic N) is 3. The minimum Gasteiger partial charge on any atom is -0.493 e. The molecule has 2 rings (SSSR count). The van der Waals surface area contributed by atoms with Gasteiger partial charge < -0.3 is 24.4 Å². The average Bonchev–Trinajstić information content (AvgIpc) is 2.65. The SMILES string of the molecule is COc1cc(/C=C/C(=O)Nc2cnc(N(C)C)nc2)cc(OC)c1OC. The van der Waals surface area contributed by atoms with Crippen molar-refractivity contribution < 1.29 is 19.0 Å². The Kier molecular flexibility index (Phi) is 6.37. The van der Waals surface area contributed by atoms with Crippen LogP contribution in [-0.2, 0) is 4.79 Å². The van der Waals surface area contributed by atoms with Crippen LogP contribution in [0.4, 0.5) is 11.6 Å². The molecule has 0 bridgehead atoms. The van der Waals surface area contributed by atoms with Gasteiger partial charge in [0, 0.05) is 20.2 Å². The summed E-state index contributed by atoms with van der Waals surface area (Å²) in [4.78, 5) is 22.1. The molecule has 0 aliphatic carbocycles. The minimum atomic E-state index is -0.306. The lowest BCUT2D eigenvalue weighted by molar-refractivity contribution is -0.111. The number of hydrogen-bond acceptors (Lipinski definition) is 7. The van der Waals surface area contributed by atoms with Crippen LogP contribution in [0, 0.1) is 0 Å². The summed E-state index contributed by atoms with van der Waals surface area (Å²) in [6.45, 7) is 0. The van der Waals surface area contributed by atoms with E-state index < -0.39 is 0 Å². The molecule has 0 fully saturated rings. The minimum absolute atomic E-state index is 0.306. The third-order valence-corrected chi connectivity index (χ3v) is 3.42. The van der Waals surface area contributed by atoms with Crippen LogP contribution in [0.2, 0.25) is 0 Å². The van der Waals surface area contributed by atoms with E-state index in [1.54, 1.807) is 35.5 Å². The molecule has 1 amide bonds. The Labute approximate surface area is 152 Å². The molecule has 0 aliphatic rings. The Balaban J connectivity index is 2.12. The predicted octanol–water partition coefficient (Wildman–Crippen LogP) is 2.22. The third kappa shape index (κ3) is 4.62. The van der Waals surface area contributed by atoms with Crippen molar-refractivity contribution in [2.45, 2.75) is 0 Å². The number of carbonyl (C=O) groups excluding carboxylic acids is 1. The van der Waals surface area contributed by atoms with Gasteiger partial charge in [-0.05, 0) is 23.8 Å². The Morgan fingerprint density at radius 2 is 1.62 bits per heavy atom. The van der Waals surface area contributed by atoms with E-state index in [4.69, 9.17) is 14.2 Å². The van der Waals surface area contributed by atoms with Gasteiger partial charge in [0.25, 0.3) is 0 Å². The highest BCUT2D eigenvalue weighted by molar-refractivity contribution is 6.01. The summed E-state index contributed by atoms with van der Waals surface area (Å²) in [5.41, 5.74) is 1.24. The number of benzene rings is 1. The number of aromatic nitrogens is 2. The molecule has 1 aromatic carbocycles. The van der Waals surface area contributed by atoms with E-state index in [1.165, 1.54) is 27.4 Å². The summed E-state index contributed by atoms with van der Waals surface area (Å²) >= 11 is 0. The Hall–Kier alpha value is -3.29. The fourth-order valence-electron chi connectivity index (χ4n) is 2.17. The van der Waals surface area contributed by atoms with E-state index in [-0.39, 0.29) is 5.91 Å². The van der Waals surface area contributed by atoms with Crippen molar-refractivity contribution in [2.75, 3.05) is 45.6 Å². The first-order valence-electron chi connectivity index (χ1n) is 7.77. The van der Waals surface area contributed by atoms with Crippen molar-refractivity contribution in [1.29, 1.82) is 0 Å². The highest BCUT2D eigenvalue weighted by Gasteiger charge is 2.12. The van der Waals surface area contributed by atoms with E-state index in [1.807, 2.05) is 14.1 Å². The predicted molar refractivity (Wildman–Crippen MR) is 100 cm³/mol. The molecule has 138 valence electrons. The Bertz CT molecular complexity index is 763. The molecule has 26 heavy (non-hydrogen) atoms. The van der Waals surface area contributed by atoms with Crippen LogP contribution < -0.4 is 24.4 Å². The van der Waals surface area contributed by atoms with Crippen LogP contribution in [-0.4, -0.2) is 51.3 Å². The zero-order valence-corrected chi connectivity index (χ0v) is 15.4. The summed E-state index contributed by atoms with van der Waals surface area (Å²) < 4.78 is 15.9. The molecule has 8 heteroatoms. The van der Waals surface area contributed by atoms with Gasteiger partial charge in [-0.1, -0.05) is 0 Å². The van der Waals surface area contributed by atoms with Crippen LogP contribution in [0.5, 0.6) is 17.2 Å². The molecular weight excluding hydrogens is 336 g/mol. The van der Waals surface area contributed by atoms with Crippen LogP contribution in [0.3, 0.4) is 0 Å². The van der Waals surface area contributed by atoms with Crippen molar-refractivity contribution in [3.8, 4) is 17.2 Å².